The molecule has 1 aromatic carbocycles. The van der Waals surface area contributed by atoms with E-state index >= 15 is 0 Å². The molecular formula is C16H18ClFN2O. The van der Waals surface area contributed by atoms with Gasteiger partial charge in [0, 0.05) is 11.2 Å². The van der Waals surface area contributed by atoms with Gasteiger partial charge in [0.25, 0.3) is 0 Å². The Morgan fingerprint density at radius 3 is 2.71 bits per heavy atom. The van der Waals surface area contributed by atoms with Crippen molar-refractivity contribution in [2.24, 2.45) is 0 Å². The topological polar surface area (TPSA) is 34.9 Å². The van der Waals surface area contributed by atoms with Crippen molar-refractivity contribution in [2.45, 2.75) is 39.2 Å². The third kappa shape index (κ3) is 3.70. The van der Waals surface area contributed by atoms with Crippen molar-refractivity contribution in [3.8, 4) is 0 Å². The first-order valence-corrected chi connectivity index (χ1v) is 7.45. The molecule has 112 valence electrons. The molecule has 0 unspecified atom stereocenters. The first kappa shape index (κ1) is 15.7. The van der Waals surface area contributed by atoms with Crippen LogP contribution in [0.3, 0.4) is 0 Å². The number of hydrogen-bond donors (Lipinski definition) is 0. The Morgan fingerprint density at radius 2 is 2.05 bits per heavy atom. The van der Waals surface area contributed by atoms with E-state index in [1.165, 1.54) is 18.2 Å². The van der Waals surface area contributed by atoms with E-state index in [-0.39, 0.29) is 17.8 Å². The summed E-state index contributed by atoms with van der Waals surface area (Å²) in [6.45, 7) is 4.20. The zero-order valence-electron chi connectivity index (χ0n) is 12.1. The fourth-order valence-corrected chi connectivity index (χ4v) is 2.48. The van der Waals surface area contributed by atoms with Crippen molar-refractivity contribution in [3.63, 3.8) is 0 Å². The fraction of sp³-hybridized carbons (Fsp3) is 0.375. The second-order valence-corrected chi connectivity index (χ2v) is 5.42. The molecule has 0 bridgehead atoms. The van der Waals surface area contributed by atoms with Crippen LogP contribution in [0.1, 0.15) is 48.8 Å². The number of halogens is 2. The predicted molar refractivity (Wildman–Crippen MR) is 81.3 cm³/mol. The number of carbonyl (C=O) groups is 1. The molecular weight excluding hydrogens is 291 g/mol. The van der Waals surface area contributed by atoms with Crippen LogP contribution in [-0.4, -0.2) is 15.6 Å². The summed E-state index contributed by atoms with van der Waals surface area (Å²) in [7, 11) is 0. The molecule has 0 amide bonds. The van der Waals surface area contributed by atoms with Crippen molar-refractivity contribution in [2.75, 3.05) is 0 Å². The number of hydrogen-bond acceptors (Lipinski definition) is 2. The largest absolute Gasteiger partial charge is 0.294 e. The molecule has 0 saturated heterocycles. The van der Waals surface area contributed by atoms with Gasteiger partial charge in [0.15, 0.2) is 5.78 Å². The lowest BCUT2D eigenvalue weighted by Gasteiger charge is -2.12. The van der Waals surface area contributed by atoms with Crippen LogP contribution in [0.25, 0.3) is 0 Å². The highest BCUT2D eigenvalue weighted by Gasteiger charge is 2.15. The summed E-state index contributed by atoms with van der Waals surface area (Å²) in [6, 6.07) is 6.13. The van der Waals surface area contributed by atoms with Gasteiger partial charge in [-0.2, -0.15) is 5.10 Å². The van der Waals surface area contributed by atoms with E-state index in [0.29, 0.717) is 16.8 Å². The standard InChI is InChI=1S/C16H18ClFN2O/c1-3-13(4-2)20-8-7-12(19-20)10-16(21)14-9-11(17)5-6-15(14)18/h5-9,13H,3-4,10H2,1-2H3. The van der Waals surface area contributed by atoms with Gasteiger partial charge in [0.05, 0.1) is 23.7 Å². The second kappa shape index (κ2) is 6.85. The van der Waals surface area contributed by atoms with Gasteiger partial charge in [-0.05, 0) is 37.1 Å². The third-order valence-electron chi connectivity index (χ3n) is 3.55. The highest BCUT2D eigenvalue weighted by atomic mass is 35.5. The molecule has 2 rings (SSSR count). The zero-order chi connectivity index (χ0) is 15.4. The van der Waals surface area contributed by atoms with Gasteiger partial charge in [-0.25, -0.2) is 4.39 Å². The summed E-state index contributed by atoms with van der Waals surface area (Å²) < 4.78 is 15.5. The van der Waals surface area contributed by atoms with E-state index in [0.717, 1.165) is 12.8 Å². The highest BCUT2D eigenvalue weighted by molar-refractivity contribution is 6.31. The lowest BCUT2D eigenvalue weighted by molar-refractivity contribution is 0.0988. The lowest BCUT2D eigenvalue weighted by atomic mass is 10.1. The van der Waals surface area contributed by atoms with Crippen LogP contribution in [0.2, 0.25) is 5.02 Å². The van der Waals surface area contributed by atoms with E-state index in [1.807, 2.05) is 10.9 Å². The number of Topliss-reactive ketones (excluding diaryl/α,β-unsaturated/α-hetero) is 1. The van der Waals surface area contributed by atoms with Gasteiger partial charge in [0.2, 0.25) is 0 Å². The molecule has 21 heavy (non-hydrogen) atoms. The Balaban J connectivity index is 2.15. The lowest BCUT2D eigenvalue weighted by Crippen LogP contribution is -2.10. The maximum atomic E-state index is 13.7. The van der Waals surface area contributed by atoms with E-state index in [4.69, 9.17) is 11.6 Å². The quantitative estimate of drug-likeness (QED) is 0.738. The van der Waals surface area contributed by atoms with Gasteiger partial charge in [-0.1, -0.05) is 25.4 Å². The van der Waals surface area contributed by atoms with E-state index in [1.54, 1.807) is 6.07 Å². The fourth-order valence-electron chi connectivity index (χ4n) is 2.31. The van der Waals surface area contributed by atoms with Crippen LogP contribution in [-0.2, 0) is 6.42 Å². The van der Waals surface area contributed by atoms with Gasteiger partial charge >= 0.3 is 0 Å². The molecule has 2 aromatic rings. The average molecular weight is 309 g/mol. The molecule has 0 aliphatic heterocycles. The van der Waals surface area contributed by atoms with Gasteiger partial charge in [-0.15, -0.1) is 0 Å². The number of benzene rings is 1. The molecule has 0 fully saturated rings. The zero-order valence-corrected chi connectivity index (χ0v) is 12.9. The summed E-state index contributed by atoms with van der Waals surface area (Å²) in [5.74, 6) is -0.867. The van der Waals surface area contributed by atoms with Crippen LogP contribution in [0.15, 0.2) is 30.5 Å². The van der Waals surface area contributed by atoms with Crippen LogP contribution >= 0.6 is 11.6 Å². The number of aromatic nitrogens is 2. The van der Waals surface area contributed by atoms with Crippen LogP contribution < -0.4 is 0 Å². The van der Waals surface area contributed by atoms with E-state index in [2.05, 4.69) is 18.9 Å². The number of carbonyl (C=O) groups excluding carboxylic acids is 1. The summed E-state index contributed by atoms with van der Waals surface area (Å²) in [6.07, 6.45) is 3.90. The number of nitrogens with zero attached hydrogens (tertiary/aromatic N) is 2. The Kier molecular flexibility index (Phi) is 5.12. The number of ketones is 1. The first-order valence-electron chi connectivity index (χ1n) is 7.07. The van der Waals surface area contributed by atoms with Crippen LogP contribution in [0.4, 0.5) is 4.39 Å². The van der Waals surface area contributed by atoms with Crippen molar-refractivity contribution in [1.82, 2.24) is 9.78 Å². The molecule has 0 atom stereocenters. The molecule has 0 spiro atoms. The Labute approximate surface area is 128 Å². The molecule has 5 heteroatoms. The molecule has 3 nitrogen and oxygen atoms in total. The Hall–Kier alpha value is -1.68. The summed E-state index contributed by atoms with van der Waals surface area (Å²) in [4.78, 5) is 12.2. The Morgan fingerprint density at radius 1 is 1.33 bits per heavy atom. The first-order chi connectivity index (χ1) is 10.0. The minimum Gasteiger partial charge on any atom is -0.294 e. The maximum Gasteiger partial charge on any atom is 0.171 e. The molecule has 0 aliphatic rings. The molecule has 0 radical (unpaired) electrons. The van der Waals surface area contributed by atoms with Crippen LogP contribution in [0.5, 0.6) is 0 Å². The number of rotatable bonds is 6. The summed E-state index contributed by atoms with van der Waals surface area (Å²) in [5, 5.41) is 4.76. The minimum absolute atomic E-state index is 0.0135. The molecule has 0 saturated carbocycles. The van der Waals surface area contributed by atoms with Crippen molar-refractivity contribution < 1.29 is 9.18 Å². The molecule has 0 aliphatic carbocycles. The van der Waals surface area contributed by atoms with E-state index < -0.39 is 5.82 Å². The maximum absolute atomic E-state index is 13.7. The highest BCUT2D eigenvalue weighted by Crippen LogP contribution is 2.18. The Bertz CT molecular complexity index is 635. The van der Waals surface area contributed by atoms with Crippen molar-refractivity contribution in [1.29, 1.82) is 0 Å². The summed E-state index contributed by atoms with van der Waals surface area (Å²) in [5.41, 5.74) is 0.658. The van der Waals surface area contributed by atoms with Gasteiger partial charge in [-0.3, -0.25) is 9.48 Å². The monoisotopic (exact) mass is 308 g/mol. The van der Waals surface area contributed by atoms with Crippen molar-refractivity contribution >= 4 is 17.4 Å². The minimum atomic E-state index is -0.552. The molecule has 1 aromatic heterocycles. The van der Waals surface area contributed by atoms with Crippen molar-refractivity contribution in [3.05, 3.63) is 52.6 Å². The normalized spacial score (nSPS) is 11.1. The second-order valence-electron chi connectivity index (χ2n) is 4.98. The molecule has 0 N–H and O–H groups in total. The SMILES string of the molecule is CCC(CC)n1ccc(CC(=O)c2cc(Cl)ccc2F)n1. The summed E-state index contributed by atoms with van der Waals surface area (Å²) >= 11 is 5.81. The molecule has 1 heterocycles. The van der Waals surface area contributed by atoms with Gasteiger partial charge in [0.1, 0.15) is 5.82 Å². The van der Waals surface area contributed by atoms with E-state index in [9.17, 15) is 9.18 Å². The average Bonchev–Trinajstić information content (AvgIpc) is 2.91. The smallest absolute Gasteiger partial charge is 0.171 e. The predicted octanol–water partition coefficient (Wildman–Crippen LogP) is 4.46. The van der Waals surface area contributed by atoms with Crippen LogP contribution in [0, 0.1) is 5.82 Å². The third-order valence-corrected chi connectivity index (χ3v) is 3.79. The van der Waals surface area contributed by atoms with Gasteiger partial charge < -0.3 is 0 Å².